The summed E-state index contributed by atoms with van der Waals surface area (Å²) in [6.45, 7) is 4.30. The first-order chi connectivity index (χ1) is 12.6. The molecule has 2 aromatic carbocycles. The normalized spacial score (nSPS) is 11.4. The quantitative estimate of drug-likeness (QED) is 0.389. The van der Waals surface area contributed by atoms with E-state index in [1.165, 1.54) is 0 Å². The van der Waals surface area contributed by atoms with E-state index in [1.807, 2.05) is 30.3 Å². The van der Waals surface area contributed by atoms with Crippen LogP contribution in [0, 0.1) is 0 Å². The van der Waals surface area contributed by atoms with Gasteiger partial charge in [-0.05, 0) is 50.2 Å². The van der Waals surface area contributed by atoms with Gasteiger partial charge in [-0.3, -0.25) is 0 Å². The Morgan fingerprint density at radius 3 is 2.00 bits per heavy atom. The maximum atomic E-state index is 11.1. The number of ether oxygens (including phenoxy) is 4. The zero-order chi connectivity index (χ0) is 18.8. The van der Waals surface area contributed by atoms with E-state index in [-0.39, 0.29) is 5.76 Å². The van der Waals surface area contributed by atoms with Crippen LogP contribution in [0.2, 0.25) is 0 Å². The van der Waals surface area contributed by atoms with E-state index in [1.54, 1.807) is 38.1 Å². The van der Waals surface area contributed by atoms with E-state index >= 15 is 0 Å². The van der Waals surface area contributed by atoms with E-state index in [0.717, 1.165) is 11.8 Å². The van der Waals surface area contributed by atoms with Gasteiger partial charge in [-0.15, -0.1) is 0 Å². The number of rotatable bonds is 10. The van der Waals surface area contributed by atoms with Crippen LogP contribution in [-0.4, -0.2) is 30.6 Å². The molecule has 0 fully saturated rings. The summed E-state index contributed by atoms with van der Waals surface area (Å²) >= 11 is 0. The van der Waals surface area contributed by atoms with E-state index in [9.17, 15) is 4.79 Å². The van der Waals surface area contributed by atoms with E-state index in [4.69, 9.17) is 24.1 Å². The van der Waals surface area contributed by atoms with Crippen molar-refractivity contribution >= 4 is 5.97 Å². The van der Waals surface area contributed by atoms with Gasteiger partial charge < -0.3 is 24.1 Å². The Balaban J connectivity index is 2.11. The van der Waals surface area contributed by atoms with Crippen LogP contribution in [0.3, 0.4) is 0 Å². The Bertz CT molecular complexity index is 703. The van der Waals surface area contributed by atoms with Gasteiger partial charge in [0.2, 0.25) is 6.29 Å². The maximum Gasteiger partial charge on any atom is 0.331 e. The molecule has 0 aromatic heterocycles. The van der Waals surface area contributed by atoms with Gasteiger partial charge in [0.15, 0.2) is 5.76 Å². The fourth-order valence-electron chi connectivity index (χ4n) is 2.12. The van der Waals surface area contributed by atoms with Crippen LogP contribution in [0.4, 0.5) is 0 Å². The minimum atomic E-state index is -1.14. The molecule has 0 radical (unpaired) electrons. The summed E-state index contributed by atoms with van der Waals surface area (Å²) in [5.74, 6) is 0.729. The first kappa shape index (κ1) is 19.5. The predicted molar refractivity (Wildman–Crippen MR) is 96.3 cm³/mol. The van der Waals surface area contributed by atoms with Crippen molar-refractivity contribution < 1.29 is 28.8 Å². The molecule has 0 aliphatic carbocycles. The van der Waals surface area contributed by atoms with Gasteiger partial charge in [-0.2, -0.15) is 0 Å². The molecule has 0 unspecified atom stereocenters. The zero-order valence-electron chi connectivity index (χ0n) is 14.8. The van der Waals surface area contributed by atoms with E-state index in [2.05, 4.69) is 0 Å². The fourth-order valence-corrected chi connectivity index (χ4v) is 2.12. The summed E-state index contributed by atoms with van der Waals surface area (Å²) in [7, 11) is 0. The molecule has 0 saturated heterocycles. The maximum absolute atomic E-state index is 11.1. The monoisotopic (exact) mass is 358 g/mol. The van der Waals surface area contributed by atoms with Crippen molar-refractivity contribution in [1.29, 1.82) is 0 Å². The van der Waals surface area contributed by atoms with Gasteiger partial charge in [-0.25, -0.2) is 4.79 Å². The highest BCUT2D eigenvalue weighted by Gasteiger charge is 2.19. The molecule has 0 amide bonds. The number of hydrogen-bond donors (Lipinski definition) is 1. The second-order valence-corrected chi connectivity index (χ2v) is 5.12. The van der Waals surface area contributed by atoms with Crippen molar-refractivity contribution in [2.24, 2.45) is 0 Å². The first-order valence-electron chi connectivity index (χ1n) is 8.31. The van der Waals surface area contributed by atoms with Crippen LogP contribution in [0.25, 0.3) is 0 Å². The molecule has 0 atom stereocenters. The van der Waals surface area contributed by atoms with Gasteiger partial charge in [0, 0.05) is 13.2 Å². The molecule has 6 heteroatoms. The lowest BCUT2D eigenvalue weighted by Gasteiger charge is -2.20. The van der Waals surface area contributed by atoms with Gasteiger partial charge in [0.05, 0.1) is 6.08 Å². The molecule has 0 bridgehead atoms. The van der Waals surface area contributed by atoms with E-state index in [0.29, 0.717) is 24.7 Å². The third-order valence-electron chi connectivity index (χ3n) is 3.17. The van der Waals surface area contributed by atoms with Crippen molar-refractivity contribution in [3.8, 4) is 17.2 Å². The molecule has 2 aromatic rings. The van der Waals surface area contributed by atoms with Crippen molar-refractivity contribution in [2.45, 2.75) is 20.1 Å². The lowest BCUT2D eigenvalue weighted by atomic mass is 10.3. The van der Waals surface area contributed by atoms with Gasteiger partial charge in [-0.1, -0.05) is 18.2 Å². The molecule has 0 heterocycles. The number of aliphatic carboxylic acids is 1. The van der Waals surface area contributed by atoms with Gasteiger partial charge >= 0.3 is 5.97 Å². The van der Waals surface area contributed by atoms with Crippen molar-refractivity contribution in [3.05, 3.63) is 66.4 Å². The molecule has 0 aliphatic rings. The van der Waals surface area contributed by atoms with Crippen LogP contribution >= 0.6 is 0 Å². The third-order valence-corrected chi connectivity index (χ3v) is 3.17. The number of benzene rings is 2. The van der Waals surface area contributed by atoms with Crippen LogP contribution in [-0.2, 0) is 14.3 Å². The Kier molecular flexibility index (Phi) is 7.67. The molecular weight excluding hydrogens is 336 g/mol. The Labute approximate surface area is 152 Å². The van der Waals surface area contributed by atoms with Crippen LogP contribution < -0.4 is 9.47 Å². The second kappa shape index (κ2) is 10.2. The average Bonchev–Trinajstić information content (AvgIpc) is 2.63. The summed E-state index contributed by atoms with van der Waals surface area (Å²) in [6.07, 6.45) is 0.0472. The van der Waals surface area contributed by atoms with Crippen molar-refractivity contribution in [1.82, 2.24) is 0 Å². The molecular formula is C20H22O6. The van der Waals surface area contributed by atoms with E-state index < -0.39 is 12.3 Å². The molecule has 6 nitrogen and oxygen atoms in total. The minimum absolute atomic E-state index is 0.0675. The lowest BCUT2D eigenvalue weighted by molar-refractivity contribution is -0.136. The smallest absolute Gasteiger partial charge is 0.331 e. The number of carboxylic acids is 1. The molecule has 0 saturated carbocycles. The van der Waals surface area contributed by atoms with Crippen LogP contribution in [0.15, 0.2) is 66.4 Å². The molecule has 26 heavy (non-hydrogen) atoms. The van der Waals surface area contributed by atoms with Crippen molar-refractivity contribution in [2.75, 3.05) is 13.2 Å². The molecule has 1 N–H and O–H groups in total. The number of carboxylic acid groups (broad SMARTS) is 1. The number of carbonyl (C=O) groups is 1. The topological polar surface area (TPSA) is 74.2 Å². The summed E-state index contributed by atoms with van der Waals surface area (Å²) in [5, 5.41) is 9.07. The molecule has 2 rings (SSSR count). The van der Waals surface area contributed by atoms with Gasteiger partial charge in [0.25, 0.3) is 0 Å². The van der Waals surface area contributed by atoms with Crippen molar-refractivity contribution in [3.63, 3.8) is 0 Å². The highest BCUT2D eigenvalue weighted by atomic mass is 16.7. The first-order valence-corrected chi connectivity index (χ1v) is 8.31. The Hall–Kier alpha value is -2.83. The predicted octanol–water partition coefficient (Wildman–Crippen LogP) is 4.23. The molecule has 0 aliphatic heterocycles. The highest BCUT2D eigenvalue weighted by Crippen LogP contribution is 2.25. The van der Waals surface area contributed by atoms with Gasteiger partial charge in [0.1, 0.15) is 17.2 Å². The zero-order valence-corrected chi connectivity index (χ0v) is 14.8. The second-order valence-electron chi connectivity index (χ2n) is 5.12. The summed E-state index contributed by atoms with van der Waals surface area (Å²) in [4.78, 5) is 11.1. The fraction of sp³-hybridized carbons (Fsp3) is 0.250. The summed E-state index contributed by atoms with van der Waals surface area (Å²) in [5.41, 5.74) is 0. The number of para-hydroxylation sites is 1. The molecule has 138 valence electrons. The summed E-state index contributed by atoms with van der Waals surface area (Å²) < 4.78 is 22.2. The minimum Gasteiger partial charge on any atom is -0.478 e. The van der Waals surface area contributed by atoms with Crippen LogP contribution in [0.5, 0.6) is 17.2 Å². The lowest BCUT2D eigenvalue weighted by Crippen LogP contribution is -2.24. The SMILES string of the molecule is CCOC(OCC)C(=CC(=O)O)Oc1ccc(Oc2ccccc2)cc1. The number of hydrogen-bond acceptors (Lipinski definition) is 5. The average molecular weight is 358 g/mol. The highest BCUT2D eigenvalue weighted by molar-refractivity contribution is 5.80. The Morgan fingerprint density at radius 2 is 1.46 bits per heavy atom. The summed E-state index contributed by atoms with van der Waals surface area (Å²) in [6, 6.07) is 16.2. The standard InChI is InChI=1S/C20H22O6/c1-3-23-20(24-4-2)18(14-19(21)22)26-17-12-10-16(11-13-17)25-15-8-6-5-7-9-15/h5-14,20H,3-4H2,1-2H3,(H,21,22). The largest absolute Gasteiger partial charge is 0.478 e. The third kappa shape index (κ3) is 6.23. The molecule has 0 spiro atoms. The Morgan fingerprint density at radius 1 is 0.923 bits per heavy atom. The van der Waals surface area contributed by atoms with Crippen LogP contribution in [0.1, 0.15) is 13.8 Å².